The van der Waals surface area contributed by atoms with E-state index >= 15 is 0 Å². The maximum Gasteiger partial charge on any atom is 0.229 e. The van der Waals surface area contributed by atoms with Gasteiger partial charge in [-0.2, -0.15) is 0 Å². The molecule has 1 aromatic carbocycles. The SMILES string of the molecule is CNCC1CCCN1C(=O)C1COc2ccc(OC)cc2C1. The Hall–Kier alpha value is -1.75. The lowest BCUT2D eigenvalue weighted by molar-refractivity contribution is -0.137. The molecule has 5 heteroatoms. The van der Waals surface area contributed by atoms with Crippen molar-refractivity contribution in [2.75, 3.05) is 33.9 Å². The fourth-order valence-electron chi connectivity index (χ4n) is 3.46. The molecule has 0 aromatic heterocycles. The maximum absolute atomic E-state index is 12.8. The van der Waals surface area contributed by atoms with Crippen LogP contribution in [0.1, 0.15) is 18.4 Å². The van der Waals surface area contributed by atoms with Gasteiger partial charge in [-0.15, -0.1) is 0 Å². The highest BCUT2D eigenvalue weighted by Gasteiger charge is 2.35. The molecule has 0 aliphatic carbocycles. The van der Waals surface area contributed by atoms with Crippen molar-refractivity contribution in [1.82, 2.24) is 10.2 Å². The van der Waals surface area contributed by atoms with Gasteiger partial charge in [0.1, 0.15) is 18.1 Å². The summed E-state index contributed by atoms with van der Waals surface area (Å²) in [5.41, 5.74) is 1.06. The lowest BCUT2D eigenvalue weighted by Gasteiger charge is -2.31. The molecular formula is C17H24N2O3. The molecule has 22 heavy (non-hydrogen) atoms. The molecule has 2 unspecified atom stereocenters. The largest absolute Gasteiger partial charge is 0.497 e. The molecule has 1 amide bonds. The van der Waals surface area contributed by atoms with Crippen LogP contribution in [0, 0.1) is 5.92 Å². The minimum absolute atomic E-state index is 0.0861. The van der Waals surface area contributed by atoms with Gasteiger partial charge in [-0.1, -0.05) is 0 Å². The molecule has 0 bridgehead atoms. The van der Waals surface area contributed by atoms with Gasteiger partial charge in [-0.3, -0.25) is 4.79 Å². The number of rotatable bonds is 4. The third kappa shape index (κ3) is 2.90. The molecule has 0 radical (unpaired) electrons. The van der Waals surface area contributed by atoms with Gasteiger partial charge in [0, 0.05) is 19.1 Å². The van der Waals surface area contributed by atoms with E-state index in [1.807, 2.05) is 30.1 Å². The summed E-state index contributed by atoms with van der Waals surface area (Å²) in [7, 11) is 3.59. The van der Waals surface area contributed by atoms with E-state index in [4.69, 9.17) is 9.47 Å². The highest BCUT2D eigenvalue weighted by molar-refractivity contribution is 5.80. The van der Waals surface area contributed by atoms with Gasteiger partial charge in [-0.05, 0) is 50.1 Å². The van der Waals surface area contributed by atoms with Gasteiger partial charge in [0.25, 0.3) is 0 Å². The number of methoxy groups -OCH3 is 1. The summed E-state index contributed by atoms with van der Waals surface area (Å²) in [5.74, 6) is 1.83. The summed E-state index contributed by atoms with van der Waals surface area (Å²) < 4.78 is 11.1. The lowest BCUT2D eigenvalue weighted by Crippen LogP contribution is -2.46. The highest BCUT2D eigenvalue weighted by atomic mass is 16.5. The summed E-state index contributed by atoms with van der Waals surface area (Å²) in [6.07, 6.45) is 2.91. The average Bonchev–Trinajstić information content (AvgIpc) is 3.01. The topological polar surface area (TPSA) is 50.8 Å². The summed E-state index contributed by atoms with van der Waals surface area (Å²) >= 11 is 0. The van der Waals surface area contributed by atoms with Crippen molar-refractivity contribution in [3.63, 3.8) is 0 Å². The molecular weight excluding hydrogens is 280 g/mol. The van der Waals surface area contributed by atoms with Crippen LogP contribution in [0.3, 0.4) is 0 Å². The van der Waals surface area contributed by atoms with Crippen LogP contribution in [0.25, 0.3) is 0 Å². The Bertz CT molecular complexity index is 547. The van der Waals surface area contributed by atoms with Crippen LogP contribution in [0.4, 0.5) is 0 Å². The number of hydrogen-bond acceptors (Lipinski definition) is 4. The molecule has 1 fully saturated rings. The number of carbonyl (C=O) groups excluding carboxylic acids is 1. The lowest BCUT2D eigenvalue weighted by atomic mass is 9.95. The van der Waals surface area contributed by atoms with Gasteiger partial charge in [-0.25, -0.2) is 0 Å². The molecule has 2 heterocycles. The maximum atomic E-state index is 12.8. The zero-order valence-electron chi connectivity index (χ0n) is 13.3. The summed E-state index contributed by atoms with van der Waals surface area (Å²) in [4.78, 5) is 14.9. The van der Waals surface area contributed by atoms with E-state index in [1.54, 1.807) is 7.11 Å². The van der Waals surface area contributed by atoms with Crippen molar-refractivity contribution in [3.05, 3.63) is 23.8 Å². The molecule has 3 rings (SSSR count). The van der Waals surface area contributed by atoms with Gasteiger partial charge < -0.3 is 19.7 Å². The number of ether oxygens (including phenoxy) is 2. The summed E-state index contributed by atoms with van der Waals surface area (Å²) in [6, 6.07) is 6.12. The minimum Gasteiger partial charge on any atom is -0.497 e. The number of fused-ring (bicyclic) bond motifs is 1. The number of benzene rings is 1. The molecule has 2 aliphatic heterocycles. The van der Waals surface area contributed by atoms with E-state index in [9.17, 15) is 4.79 Å². The van der Waals surface area contributed by atoms with E-state index in [-0.39, 0.29) is 11.8 Å². The standard InChI is InChI=1S/C17H24N2O3/c1-18-10-14-4-3-7-19(14)17(20)13-8-12-9-15(21-2)5-6-16(12)22-11-13/h5-6,9,13-14,18H,3-4,7-8,10-11H2,1-2H3. The molecule has 1 saturated heterocycles. The molecule has 2 atom stereocenters. The first kappa shape index (κ1) is 15.2. The molecule has 0 spiro atoms. The van der Waals surface area contributed by atoms with Crippen LogP contribution in [0.15, 0.2) is 18.2 Å². The molecule has 120 valence electrons. The number of carbonyl (C=O) groups is 1. The first-order chi connectivity index (χ1) is 10.7. The minimum atomic E-state index is -0.0861. The van der Waals surface area contributed by atoms with E-state index in [0.29, 0.717) is 12.6 Å². The van der Waals surface area contributed by atoms with Gasteiger partial charge >= 0.3 is 0 Å². The quantitative estimate of drug-likeness (QED) is 0.915. The predicted octanol–water partition coefficient (Wildman–Crippen LogP) is 1.46. The van der Waals surface area contributed by atoms with Crippen LogP contribution in [-0.2, 0) is 11.2 Å². The van der Waals surface area contributed by atoms with E-state index in [0.717, 1.165) is 49.4 Å². The Kier molecular flexibility index (Phi) is 4.52. The van der Waals surface area contributed by atoms with Gasteiger partial charge in [0.2, 0.25) is 5.91 Å². The molecule has 0 saturated carbocycles. The summed E-state index contributed by atoms with van der Waals surface area (Å²) in [6.45, 7) is 2.21. The monoisotopic (exact) mass is 304 g/mol. The van der Waals surface area contributed by atoms with E-state index in [2.05, 4.69) is 5.32 Å². The Morgan fingerprint density at radius 1 is 1.50 bits per heavy atom. The van der Waals surface area contributed by atoms with Crippen LogP contribution >= 0.6 is 0 Å². The van der Waals surface area contributed by atoms with E-state index in [1.165, 1.54) is 0 Å². The van der Waals surface area contributed by atoms with Crippen molar-refractivity contribution in [3.8, 4) is 11.5 Å². The molecule has 2 aliphatic rings. The van der Waals surface area contributed by atoms with Crippen LogP contribution in [0.2, 0.25) is 0 Å². The van der Waals surface area contributed by atoms with Crippen molar-refractivity contribution in [2.45, 2.75) is 25.3 Å². The number of likely N-dealkylation sites (N-methyl/N-ethyl adjacent to an activating group) is 1. The number of nitrogens with one attached hydrogen (secondary N) is 1. The average molecular weight is 304 g/mol. The van der Waals surface area contributed by atoms with Gasteiger partial charge in [0.05, 0.1) is 13.0 Å². The Balaban J connectivity index is 1.72. The zero-order valence-corrected chi connectivity index (χ0v) is 13.3. The second kappa shape index (κ2) is 6.57. The van der Waals surface area contributed by atoms with Crippen molar-refractivity contribution in [2.24, 2.45) is 5.92 Å². The third-order valence-corrected chi connectivity index (χ3v) is 4.62. The third-order valence-electron chi connectivity index (χ3n) is 4.62. The molecule has 5 nitrogen and oxygen atoms in total. The Labute approximate surface area is 131 Å². The number of likely N-dealkylation sites (tertiary alicyclic amines) is 1. The fraction of sp³-hybridized carbons (Fsp3) is 0.588. The Morgan fingerprint density at radius 3 is 3.14 bits per heavy atom. The number of hydrogen-bond donors (Lipinski definition) is 1. The van der Waals surface area contributed by atoms with Crippen LogP contribution in [0.5, 0.6) is 11.5 Å². The van der Waals surface area contributed by atoms with Crippen molar-refractivity contribution >= 4 is 5.91 Å². The second-order valence-corrected chi connectivity index (χ2v) is 6.07. The number of nitrogens with zero attached hydrogens (tertiary/aromatic N) is 1. The van der Waals surface area contributed by atoms with Crippen LogP contribution < -0.4 is 14.8 Å². The van der Waals surface area contributed by atoms with Gasteiger partial charge in [0.15, 0.2) is 0 Å². The van der Waals surface area contributed by atoms with Crippen molar-refractivity contribution in [1.29, 1.82) is 0 Å². The zero-order chi connectivity index (χ0) is 15.5. The summed E-state index contributed by atoms with van der Waals surface area (Å²) in [5, 5.41) is 3.19. The first-order valence-corrected chi connectivity index (χ1v) is 7.97. The smallest absolute Gasteiger partial charge is 0.229 e. The first-order valence-electron chi connectivity index (χ1n) is 7.97. The molecule has 1 aromatic rings. The normalized spacial score (nSPS) is 23.8. The van der Waals surface area contributed by atoms with E-state index < -0.39 is 0 Å². The number of amides is 1. The predicted molar refractivity (Wildman–Crippen MR) is 84.3 cm³/mol. The highest BCUT2D eigenvalue weighted by Crippen LogP contribution is 2.32. The van der Waals surface area contributed by atoms with Crippen molar-refractivity contribution < 1.29 is 14.3 Å². The van der Waals surface area contributed by atoms with Crippen LogP contribution in [-0.4, -0.2) is 50.7 Å². The molecule has 1 N–H and O–H groups in total. The fourth-order valence-corrected chi connectivity index (χ4v) is 3.46. The second-order valence-electron chi connectivity index (χ2n) is 6.07. The Morgan fingerprint density at radius 2 is 2.36 bits per heavy atom.